The molecule has 0 atom stereocenters. The topological polar surface area (TPSA) is 83.5 Å². The number of aromatic nitrogens is 2. The number of benzene rings is 2. The normalized spacial score (nSPS) is 17.9. The molecule has 0 bridgehead atoms. The van der Waals surface area contributed by atoms with Crippen molar-refractivity contribution in [2.24, 2.45) is 7.05 Å². The summed E-state index contributed by atoms with van der Waals surface area (Å²) >= 11 is 6.10. The summed E-state index contributed by atoms with van der Waals surface area (Å²) in [5, 5.41) is 10.4. The Hall–Kier alpha value is -3.13. The number of aliphatic hydroxyl groups excluding tert-OH is 1. The number of anilines is 1. The summed E-state index contributed by atoms with van der Waals surface area (Å²) in [6, 6.07) is 18.1. The van der Waals surface area contributed by atoms with E-state index in [1.807, 2.05) is 47.4 Å². The number of fused-ring (bicyclic) bond motifs is 1. The first-order valence-electron chi connectivity index (χ1n) is 12.5. The molecule has 2 aliphatic rings. The monoisotopic (exact) mass is 504 g/mol. The van der Waals surface area contributed by atoms with E-state index in [0.29, 0.717) is 48.7 Å². The van der Waals surface area contributed by atoms with Crippen LogP contribution in [0.25, 0.3) is 33.6 Å². The van der Waals surface area contributed by atoms with Gasteiger partial charge < -0.3 is 14.4 Å². The van der Waals surface area contributed by atoms with Crippen LogP contribution in [0.1, 0.15) is 37.7 Å². The van der Waals surface area contributed by atoms with Gasteiger partial charge in [0.1, 0.15) is 11.1 Å². The van der Waals surface area contributed by atoms with Gasteiger partial charge >= 0.3 is 0 Å². The smallest absolute Gasteiger partial charge is 0.266 e. The van der Waals surface area contributed by atoms with E-state index < -0.39 is 0 Å². The van der Waals surface area contributed by atoms with Crippen LogP contribution in [0.3, 0.4) is 0 Å². The SMILES string of the molecule is Cn1c(N2CCC(O)CC2)nc2oc(-c3ccc(C4(NCl)CCC4)cc3)c(-c3ccccc3)c2c1=O. The van der Waals surface area contributed by atoms with Crippen molar-refractivity contribution in [1.29, 1.82) is 0 Å². The highest BCUT2D eigenvalue weighted by molar-refractivity contribution is 6.14. The second-order valence-electron chi connectivity index (χ2n) is 9.95. The average Bonchev–Trinajstić information content (AvgIpc) is 3.27. The summed E-state index contributed by atoms with van der Waals surface area (Å²) < 4.78 is 7.98. The molecular weight excluding hydrogens is 476 g/mol. The number of furan rings is 1. The minimum atomic E-state index is -0.307. The van der Waals surface area contributed by atoms with E-state index in [1.54, 1.807) is 11.6 Å². The van der Waals surface area contributed by atoms with E-state index >= 15 is 0 Å². The first-order valence-corrected chi connectivity index (χ1v) is 12.9. The fourth-order valence-corrected chi connectivity index (χ4v) is 5.76. The average molecular weight is 505 g/mol. The lowest BCUT2D eigenvalue weighted by molar-refractivity contribution is 0.145. The molecule has 1 aliphatic carbocycles. The highest BCUT2D eigenvalue weighted by Gasteiger charge is 2.38. The number of piperidine rings is 1. The first-order chi connectivity index (χ1) is 17.5. The standard InChI is InChI=1S/C28H29ClN4O3/c1-32-26(35)23-22(18-6-3-2-4-7-18)24(19-8-10-20(11-9-19)28(31-29)14-5-15-28)36-25(23)30-27(32)33-16-12-21(34)13-17-33/h2-4,6-11,21,31,34H,5,12-17H2,1H3. The number of nitrogens with zero attached hydrogens (tertiary/aromatic N) is 3. The minimum Gasteiger partial charge on any atom is -0.437 e. The number of halogens is 1. The maximum atomic E-state index is 13.7. The van der Waals surface area contributed by atoms with E-state index in [4.69, 9.17) is 21.2 Å². The Morgan fingerprint density at radius 3 is 2.36 bits per heavy atom. The highest BCUT2D eigenvalue weighted by Crippen LogP contribution is 2.44. The van der Waals surface area contributed by atoms with E-state index in [9.17, 15) is 9.90 Å². The Morgan fingerprint density at radius 2 is 1.75 bits per heavy atom. The second kappa shape index (κ2) is 9.07. The van der Waals surface area contributed by atoms with Gasteiger partial charge in [-0.05, 0) is 55.0 Å². The molecule has 7 nitrogen and oxygen atoms in total. The fourth-order valence-electron chi connectivity index (χ4n) is 5.46. The molecule has 1 aliphatic heterocycles. The molecule has 0 unspecified atom stereocenters. The molecule has 2 fully saturated rings. The van der Waals surface area contributed by atoms with Gasteiger partial charge in [-0.25, -0.2) is 4.84 Å². The maximum Gasteiger partial charge on any atom is 0.266 e. The van der Waals surface area contributed by atoms with E-state index in [0.717, 1.165) is 41.5 Å². The molecule has 6 rings (SSSR count). The van der Waals surface area contributed by atoms with Gasteiger partial charge in [-0.2, -0.15) is 4.98 Å². The number of rotatable bonds is 5. The molecule has 2 aromatic carbocycles. The molecule has 36 heavy (non-hydrogen) atoms. The quantitative estimate of drug-likeness (QED) is 0.374. The van der Waals surface area contributed by atoms with Crippen LogP contribution < -0.4 is 15.3 Å². The zero-order chi connectivity index (χ0) is 24.9. The summed E-state index contributed by atoms with van der Waals surface area (Å²) in [6.45, 7) is 1.29. The van der Waals surface area contributed by atoms with E-state index in [1.165, 1.54) is 0 Å². The van der Waals surface area contributed by atoms with Crippen LogP contribution >= 0.6 is 11.8 Å². The van der Waals surface area contributed by atoms with Crippen LogP contribution in [0.5, 0.6) is 0 Å². The van der Waals surface area contributed by atoms with Crippen molar-refractivity contribution < 1.29 is 9.52 Å². The summed E-state index contributed by atoms with van der Waals surface area (Å²) in [5.41, 5.74) is 3.69. The number of nitrogens with one attached hydrogen (secondary N) is 1. The molecule has 0 radical (unpaired) electrons. The Labute approximate surface area is 214 Å². The van der Waals surface area contributed by atoms with Crippen molar-refractivity contribution >= 4 is 28.8 Å². The molecule has 1 saturated heterocycles. The highest BCUT2D eigenvalue weighted by atomic mass is 35.5. The van der Waals surface area contributed by atoms with Crippen LogP contribution in [0.4, 0.5) is 5.95 Å². The van der Waals surface area contributed by atoms with Crippen molar-refractivity contribution in [3.05, 3.63) is 70.5 Å². The minimum absolute atomic E-state index is 0.147. The Morgan fingerprint density at radius 1 is 1.06 bits per heavy atom. The second-order valence-corrected chi connectivity index (χ2v) is 10.1. The molecule has 4 aromatic rings. The van der Waals surface area contributed by atoms with Crippen molar-refractivity contribution in [2.75, 3.05) is 18.0 Å². The molecule has 8 heteroatoms. The Balaban J connectivity index is 1.51. The van der Waals surface area contributed by atoms with Gasteiger partial charge in [-0.15, -0.1) is 0 Å². The van der Waals surface area contributed by atoms with Gasteiger partial charge in [0, 0.05) is 31.3 Å². The molecule has 3 heterocycles. The largest absolute Gasteiger partial charge is 0.437 e. The zero-order valence-electron chi connectivity index (χ0n) is 20.2. The Bertz CT molecular complexity index is 1440. The van der Waals surface area contributed by atoms with Crippen molar-refractivity contribution in [3.8, 4) is 22.5 Å². The van der Waals surface area contributed by atoms with E-state index in [-0.39, 0.29) is 17.2 Å². The van der Waals surface area contributed by atoms with Crippen molar-refractivity contribution in [2.45, 2.75) is 43.7 Å². The maximum absolute atomic E-state index is 13.7. The van der Waals surface area contributed by atoms with Gasteiger partial charge in [0.2, 0.25) is 11.7 Å². The summed E-state index contributed by atoms with van der Waals surface area (Å²) in [5.74, 6) is 1.19. The van der Waals surface area contributed by atoms with Gasteiger partial charge in [-0.3, -0.25) is 9.36 Å². The first kappa shape index (κ1) is 23.3. The molecule has 2 aromatic heterocycles. The van der Waals surface area contributed by atoms with Crippen molar-refractivity contribution in [1.82, 2.24) is 14.4 Å². The zero-order valence-corrected chi connectivity index (χ0v) is 21.0. The van der Waals surface area contributed by atoms with Crippen LogP contribution in [0, 0.1) is 0 Å². The van der Waals surface area contributed by atoms with Crippen LogP contribution in [0.15, 0.2) is 63.8 Å². The van der Waals surface area contributed by atoms with Crippen LogP contribution in [0.2, 0.25) is 0 Å². The molecule has 186 valence electrons. The fraction of sp³-hybridized carbons (Fsp3) is 0.357. The molecule has 0 spiro atoms. The predicted octanol–water partition coefficient (Wildman–Crippen LogP) is 4.94. The third-order valence-corrected chi connectivity index (χ3v) is 8.17. The number of aliphatic hydroxyl groups is 1. The molecular formula is C28H29ClN4O3. The molecule has 0 amide bonds. The van der Waals surface area contributed by atoms with Crippen LogP contribution in [-0.4, -0.2) is 33.9 Å². The third-order valence-electron chi connectivity index (χ3n) is 7.81. The number of hydrogen-bond acceptors (Lipinski definition) is 6. The predicted molar refractivity (Wildman–Crippen MR) is 142 cm³/mol. The van der Waals surface area contributed by atoms with Gasteiger partial charge in [0.05, 0.1) is 11.6 Å². The molecule has 1 saturated carbocycles. The lowest BCUT2D eigenvalue weighted by Crippen LogP contribution is -2.43. The lowest BCUT2D eigenvalue weighted by atomic mass is 9.72. The molecule has 2 N–H and O–H groups in total. The summed E-state index contributed by atoms with van der Waals surface area (Å²) in [4.78, 5) is 23.6. The van der Waals surface area contributed by atoms with Crippen LogP contribution in [-0.2, 0) is 12.6 Å². The third kappa shape index (κ3) is 3.74. The lowest BCUT2D eigenvalue weighted by Gasteiger charge is -2.41. The van der Waals surface area contributed by atoms with Gasteiger partial charge in [0.15, 0.2) is 0 Å². The van der Waals surface area contributed by atoms with Gasteiger partial charge in [-0.1, -0.05) is 54.6 Å². The van der Waals surface area contributed by atoms with E-state index in [2.05, 4.69) is 17.0 Å². The summed E-state index contributed by atoms with van der Waals surface area (Å²) in [6.07, 6.45) is 4.15. The van der Waals surface area contributed by atoms with Crippen molar-refractivity contribution in [3.63, 3.8) is 0 Å². The Kier molecular flexibility index (Phi) is 5.86. The number of hydrogen-bond donors (Lipinski definition) is 2. The summed E-state index contributed by atoms with van der Waals surface area (Å²) in [7, 11) is 1.75. The van der Waals surface area contributed by atoms with Gasteiger partial charge in [0.25, 0.3) is 5.56 Å².